The summed E-state index contributed by atoms with van der Waals surface area (Å²) in [5, 5.41) is 3.04. The van der Waals surface area contributed by atoms with Crippen molar-refractivity contribution in [3.05, 3.63) is 137 Å². The van der Waals surface area contributed by atoms with Gasteiger partial charge in [0.1, 0.15) is 23.0 Å². The van der Waals surface area contributed by atoms with E-state index in [9.17, 15) is 18.8 Å². The second-order valence-corrected chi connectivity index (χ2v) is 10.8. The molecule has 0 saturated carbocycles. The maximum Gasteiger partial charge on any atom is 0.238 e. The number of rotatable bonds is 6. The van der Waals surface area contributed by atoms with Crippen molar-refractivity contribution in [3.8, 4) is 5.75 Å². The fraction of sp³-hybridized carbons (Fsp3) is 0.171. The molecule has 6 nitrogen and oxygen atoms in total. The van der Waals surface area contributed by atoms with Crippen LogP contribution in [0, 0.1) is 11.7 Å². The Hall–Kier alpha value is -5.04. The summed E-state index contributed by atoms with van der Waals surface area (Å²) >= 11 is 0. The first kappa shape index (κ1) is 25.9. The topological polar surface area (TPSA) is 75.7 Å². The molecule has 208 valence electrons. The van der Waals surface area contributed by atoms with Crippen molar-refractivity contribution in [2.45, 2.75) is 24.4 Å². The molecule has 42 heavy (non-hydrogen) atoms. The number of hydrogen-bond donors (Lipinski definition) is 1. The van der Waals surface area contributed by atoms with Crippen molar-refractivity contribution < 1.29 is 23.5 Å². The zero-order valence-corrected chi connectivity index (χ0v) is 22.8. The van der Waals surface area contributed by atoms with Crippen LogP contribution in [-0.2, 0) is 10.2 Å². The third-order valence-corrected chi connectivity index (χ3v) is 8.70. The molecule has 4 atom stereocenters. The third-order valence-electron chi connectivity index (χ3n) is 8.70. The Labute approximate surface area is 242 Å². The molecule has 0 aromatic heterocycles. The van der Waals surface area contributed by atoms with Crippen LogP contribution in [0.15, 0.2) is 103 Å². The fourth-order valence-corrected chi connectivity index (χ4v) is 7.07. The predicted octanol–water partition coefficient (Wildman–Crippen LogP) is 6.21. The summed E-state index contributed by atoms with van der Waals surface area (Å²) in [7, 11) is 0. The van der Waals surface area contributed by atoms with Crippen LogP contribution in [0.5, 0.6) is 5.75 Å². The summed E-state index contributed by atoms with van der Waals surface area (Å²) in [6.45, 7) is 2.17. The van der Waals surface area contributed by atoms with Gasteiger partial charge in [-0.15, -0.1) is 0 Å². The Balaban J connectivity index is 1.54. The zero-order valence-electron chi connectivity index (χ0n) is 22.8. The second-order valence-electron chi connectivity index (χ2n) is 10.8. The van der Waals surface area contributed by atoms with Gasteiger partial charge in [-0.3, -0.25) is 14.4 Å². The average molecular weight is 559 g/mol. The fourth-order valence-electron chi connectivity index (χ4n) is 7.07. The molecule has 0 aliphatic carbocycles. The summed E-state index contributed by atoms with van der Waals surface area (Å²) in [4.78, 5) is 45.9. The number of carbonyl (C=O) groups is 3. The highest BCUT2D eigenvalue weighted by Gasteiger charge is 2.70. The molecule has 3 aliphatic rings. The summed E-state index contributed by atoms with van der Waals surface area (Å²) in [6.07, 6.45) is 3.72. The van der Waals surface area contributed by atoms with Crippen molar-refractivity contribution in [3.63, 3.8) is 0 Å². The van der Waals surface area contributed by atoms with E-state index in [1.165, 1.54) is 24.3 Å². The molecular formula is C35H27FN2O4. The summed E-state index contributed by atoms with van der Waals surface area (Å²) in [5.41, 5.74) is 2.14. The first-order valence-corrected chi connectivity index (χ1v) is 14.0. The first-order chi connectivity index (χ1) is 20.5. The van der Waals surface area contributed by atoms with Crippen LogP contribution in [0.2, 0.25) is 0 Å². The number of hydrogen-bond acceptors (Lipinski definition) is 5. The van der Waals surface area contributed by atoms with Gasteiger partial charge in [-0.1, -0.05) is 54.6 Å². The van der Waals surface area contributed by atoms with Crippen LogP contribution in [0.25, 0.3) is 6.08 Å². The average Bonchev–Trinajstić information content (AvgIpc) is 3.49. The lowest BCUT2D eigenvalue weighted by Crippen LogP contribution is -2.49. The largest absolute Gasteiger partial charge is 0.493 e. The van der Waals surface area contributed by atoms with Gasteiger partial charge in [-0.2, -0.15) is 0 Å². The Bertz CT molecular complexity index is 1780. The van der Waals surface area contributed by atoms with Crippen LogP contribution in [0.1, 0.15) is 50.4 Å². The third kappa shape index (κ3) is 3.59. The van der Waals surface area contributed by atoms with Crippen LogP contribution >= 0.6 is 0 Å². The Kier molecular flexibility index (Phi) is 6.04. The number of carbonyl (C=O) groups excluding carboxylic acids is 3. The molecule has 1 N–H and O–H groups in total. The van der Waals surface area contributed by atoms with Crippen molar-refractivity contribution in [1.82, 2.24) is 4.90 Å². The highest BCUT2D eigenvalue weighted by molar-refractivity contribution is 6.17. The van der Waals surface area contributed by atoms with Crippen molar-refractivity contribution in [1.29, 1.82) is 0 Å². The lowest BCUT2D eigenvalue weighted by Gasteiger charge is -2.38. The lowest BCUT2D eigenvalue weighted by molar-refractivity contribution is -0.122. The molecule has 1 amide bonds. The molecule has 4 aromatic rings. The van der Waals surface area contributed by atoms with E-state index in [4.69, 9.17) is 4.74 Å². The van der Waals surface area contributed by atoms with Gasteiger partial charge in [0.15, 0.2) is 11.6 Å². The minimum absolute atomic E-state index is 0.257. The predicted molar refractivity (Wildman–Crippen MR) is 157 cm³/mol. The number of benzene rings is 4. The van der Waals surface area contributed by atoms with Gasteiger partial charge in [-0.05, 0) is 72.2 Å². The highest BCUT2D eigenvalue weighted by atomic mass is 19.1. The number of para-hydroxylation sites is 2. The second kappa shape index (κ2) is 9.80. The molecule has 7 rings (SSSR count). The Morgan fingerprint density at radius 1 is 0.905 bits per heavy atom. The molecule has 3 aliphatic heterocycles. The van der Waals surface area contributed by atoms with Gasteiger partial charge < -0.3 is 15.0 Å². The molecule has 7 heteroatoms. The number of anilines is 1. The molecule has 3 heterocycles. The van der Waals surface area contributed by atoms with Crippen LogP contribution in [0.3, 0.4) is 0 Å². The number of halogens is 1. The van der Waals surface area contributed by atoms with Crippen LogP contribution < -0.4 is 10.1 Å². The van der Waals surface area contributed by atoms with Crippen LogP contribution in [-0.4, -0.2) is 35.0 Å². The van der Waals surface area contributed by atoms with E-state index in [1.807, 2.05) is 72.6 Å². The van der Waals surface area contributed by atoms with Gasteiger partial charge in [0, 0.05) is 17.5 Å². The lowest BCUT2D eigenvalue weighted by atomic mass is 9.62. The maximum atomic E-state index is 15.0. The number of nitrogens with one attached hydrogen (secondary N) is 1. The first-order valence-electron chi connectivity index (χ1n) is 14.0. The minimum Gasteiger partial charge on any atom is -0.493 e. The molecule has 0 unspecified atom stereocenters. The van der Waals surface area contributed by atoms with E-state index in [-0.39, 0.29) is 23.0 Å². The molecule has 0 radical (unpaired) electrons. The van der Waals surface area contributed by atoms with E-state index < -0.39 is 29.2 Å². The van der Waals surface area contributed by atoms with Gasteiger partial charge in [-0.25, -0.2) is 4.39 Å². The van der Waals surface area contributed by atoms with E-state index in [1.54, 1.807) is 24.3 Å². The normalized spacial score (nSPS) is 23.2. The van der Waals surface area contributed by atoms with E-state index >= 15 is 0 Å². The Morgan fingerprint density at radius 3 is 2.43 bits per heavy atom. The molecule has 4 aromatic carbocycles. The monoisotopic (exact) mass is 558 g/mol. The van der Waals surface area contributed by atoms with E-state index in [0.717, 1.165) is 11.1 Å². The van der Waals surface area contributed by atoms with E-state index in [0.29, 0.717) is 29.2 Å². The SMILES string of the molecule is CCOc1ccccc1C(=O)[C@@H]1[C@H](C(=O)c2ccc(F)cc2)N2C=Cc3ccccc3[C@@H]2[C@]12C(=O)Nc1ccccc12. The molecular weight excluding hydrogens is 531 g/mol. The minimum atomic E-state index is -1.45. The van der Waals surface area contributed by atoms with Gasteiger partial charge >= 0.3 is 0 Å². The highest BCUT2D eigenvalue weighted by Crippen LogP contribution is 2.62. The van der Waals surface area contributed by atoms with E-state index in [2.05, 4.69) is 5.32 Å². The van der Waals surface area contributed by atoms with Crippen LogP contribution in [0.4, 0.5) is 10.1 Å². The molecule has 0 bridgehead atoms. The number of amides is 1. The molecule has 1 fully saturated rings. The van der Waals surface area contributed by atoms with Crippen molar-refractivity contribution in [2.24, 2.45) is 5.92 Å². The summed E-state index contributed by atoms with van der Waals surface area (Å²) in [6, 6.07) is 25.6. The summed E-state index contributed by atoms with van der Waals surface area (Å²) in [5.74, 6) is -2.30. The summed E-state index contributed by atoms with van der Waals surface area (Å²) < 4.78 is 19.8. The molecule has 1 saturated heterocycles. The smallest absolute Gasteiger partial charge is 0.238 e. The van der Waals surface area contributed by atoms with Gasteiger partial charge in [0.2, 0.25) is 5.91 Å². The number of ketones is 2. The quantitative estimate of drug-likeness (QED) is 0.285. The number of nitrogens with zero attached hydrogens (tertiary/aromatic N) is 1. The van der Waals surface area contributed by atoms with Gasteiger partial charge in [0.25, 0.3) is 0 Å². The number of fused-ring (bicyclic) bond motifs is 6. The molecule has 1 spiro atoms. The number of Topliss-reactive ketones (excluding diaryl/α,β-unsaturated/α-hetero) is 2. The van der Waals surface area contributed by atoms with Crippen molar-refractivity contribution >= 4 is 29.2 Å². The number of ether oxygens (including phenoxy) is 1. The Morgan fingerprint density at radius 2 is 1.62 bits per heavy atom. The van der Waals surface area contributed by atoms with Crippen molar-refractivity contribution in [2.75, 3.05) is 11.9 Å². The zero-order chi connectivity index (χ0) is 29.0. The maximum absolute atomic E-state index is 15.0. The standard InChI is InChI=1S/C35H27FN2O4/c1-2-42-28-14-8-5-11-25(28)32(40)29-30(31(39)22-15-17-23(36)18-16-22)38-20-19-21-9-3-4-10-24(21)33(38)35(29)26-12-6-7-13-27(26)37-34(35)41/h3-20,29-30,33H,2H2,1H3,(H,37,41)/t29-,30+,33+,35+/m0/s1. The van der Waals surface area contributed by atoms with Gasteiger partial charge in [0.05, 0.1) is 24.1 Å².